The zero-order chi connectivity index (χ0) is 14.0. The van der Waals surface area contributed by atoms with E-state index in [0.717, 1.165) is 34.8 Å². The fourth-order valence-electron chi connectivity index (χ4n) is 2.12. The van der Waals surface area contributed by atoms with Crippen LogP contribution in [0.4, 0.5) is 0 Å². The number of aromatic nitrogens is 4. The van der Waals surface area contributed by atoms with Gasteiger partial charge in [0.15, 0.2) is 0 Å². The smallest absolute Gasteiger partial charge is 0.0829 e. The highest BCUT2D eigenvalue weighted by molar-refractivity contribution is 7.05. The van der Waals surface area contributed by atoms with E-state index in [1.807, 2.05) is 11.7 Å². The number of nitrogens with two attached hydrogens (primary N) is 1. The molecule has 5 nitrogen and oxygen atoms in total. The number of hydrogen-bond acceptors (Lipinski definition) is 5. The summed E-state index contributed by atoms with van der Waals surface area (Å²) >= 11 is 1.41. The summed E-state index contributed by atoms with van der Waals surface area (Å²) in [6, 6.07) is 2.07. The molecule has 0 bridgehead atoms. The largest absolute Gasteiger partial charge is 0.323 e. The lowest BCUT2D eigenvalue weighted by Gasteiger charge is -2.12. The third kappa shape index (κ3) is 3.01. The molecule has 0 saturated carbocycles. The van der Waals surface area contributed by atoms with Crippen molar-refractivity contribution in [2.75, 3.05) is 0 Å². The minimum atomic E-state index is -0.0579. The molecule has 2 aromatic rings. The van der Waals surface area contributed by atoms with E-state index in [1.54, 1.807) is 0 Å². The summed E-state index contributed by atoms with van der Waals surface area (Å²) < 4.78 is 5.96. The van der Waals surface area contributed by atoms with Crippen LogP contribution in [0.5, 0.6) is 0 Å². The summed E-state index contributed by atoms with van der Waals surface area (Å²) in [5, 5.41) is 8.64. The predicted molar refractivity (Wildman–Crippen MR) is 77.2 cm³/mol. The zero-order valence-electron chi connectivity index (χ0n) is 11.9. The Kier molecular flexibility index (Phi) is 4.31. The highest BCUT2D eigenvalue weighted by atomic mass is 32.1. The molecule has 104 valence electrons. The minimum absolute atomic E-state index is 0.0579. The number of aryl methyl sites for hydroxylation is 2. The molecule has 0 aliphatic heterocycles. The molecular formula is C13H21N5S. The van der Waals surface area contributed by atoms with Crippen LogP contribution in [0.3, 0.4) is 0 Å². The molecule has 19 heavy (non-hydrogen) atoms. The number of rotatable bonds is 5. The highest BCUT2D eigenvalue weighted by Crippen LogP contribution is 2.27. The summed E-state index contributed by atoms with van der Waals surface area (Å²) in [4.78, 5) is 1.09. The second-order valence-corrected chi connectivity index (χ2v) is 5.88. The average Bonchev–Trinajstić information content (AvgIpc) is 2.96. The van der Waals surface area contributed by atoms with Gasteiger partial charge in [-0.2, -0.15) is 5.10 Å². The maximum atomic E-state index is 6.32. The van der Waals surface area contributed by atoms with Crippen molar-refractivity contribution in [1.82, 2.24) is 19.4 Å². The molecule has 6 heteroatoms. The Balaban J connectivity index is 2.18. The molecule has 1 unspecified atom stereocenters. The maximum absolute atomic E-state index is 6.32. The Morgan fingerprint density at radius 3 is 2.74 bits per heavy atom. The van der Waals surface area contributed by atoms with Crippen LogP contribution in [0.2, 0.25) is 0 Å². The molecule has 2 heterocycles. The first-order valence-corrected chi connectivity index (χ1v) is 7.39. The van der Waals surface area contributed by atoms with Crippen molar-refractivity contribution in [3.63, 3.8) is 0 Å². The first kappa shape index (κ1) is 14.1. The van der Waals surface area contributed by atoms with Gasteiger partial charge in [-0.05, 0) is 29.9 Å². The average molecular weight is 279 g/mol. The van der Waals surface area contributed by atoms with E-state index in [1.165, 1.54) is 11.5 Å². The van der Waals surface area contributed by atoms with E-state index in [0.29, 0.717) is 5.92 Å². The normalized spacial score (nSPS) is 13.2. The molecule has 0 aromatic carbocycles. The SMILES string of the molecule is CCc1cc(CC(N)c2snnc2C(C)C)n(C)n1. The third-order valence-electron chi connectivity index (χ3n) is 3.24. The molecule has 0 aliphatic carbocycles. The van der Waals surface area contributed by atoms with Crippen molar-refractivity contribution < 1.29 is 0 Å². The van der Waals surface area contributed by atoms with Crippen molar-refractivity contribution >= 4 is 11.5 Å². The van der Waals surface area contributed by atoms with Crippen molar-refractivity contribution in [2.45, 2.75) is 45.6 Å². The fraction of sp³-hybridized carbons (Fsp3) is 0.615. The molecule has 0 spiro atoms. The minimum Gasteiger partial charge on any atom is -0.323 e. The van der Waals surface area contributed by atoms with Crippen molar-refractivity contribution in [1.29, 1.82) is 0 Å². The van der Waals surface area contributed by atoms with E-state index >= 15 is 0 Å². The predicted octanol–water partition coefficient (Wildman–Crippen LogP) is 2.20. The number of nitrogens with zero attached hydrogens (tertiary/aromatic N) is 4. The topological polar surface area (TPSA) is 69.6 Å². The van der Waals surface area contributed by atoms with E-state index in [4.69, 9.17) is 5.73 Å². The third-order valence-corrected chi connectivity index (χ3v) is 4.11. The molecule has 0 amide bonds. The quantitative estimate of drug-likeness (QED) is 0.911. The van der Waals surface area contributed by atoms with Crippen molar-refractivity contribution in [3.8, 4) is 0 Å². The van der Waals surface area contributed by atoms with Gasteiger partial charge in [0.25, 0.3) is 0 Å². The van der Waals surface area contributed by atoms with Crippen LogP contribution < -0.4 is 5.73 Å². The van der Waals surface area contributed by atoms with Crippen LogP contribution in [0.15, 0.2) is 6.07 Å². The lowest BCUT2D eigenvalue weighted by atomic mass is 10.0. The van der Waals surface area contributed by atoms with Crippen LogP contribution in [0.25, 0.3) is 0 Å². The van der Waals surface area contributed by atoms with Gasteiger partial charge < -0.3 is 5.73 Å². The zero-order valence-corrected chi connectivity index (χ0v) is 12.7. The van der Waals surface area contributed by atoms with Crippen LogP contribution in [0.1, 0.15) is 54.7 Å². The van der Waals surface area contributed by atoms with Gasteiger partial charge >= 0.3 is 0 Å². The van der Waals surface area contributed by atoms with E-state index in [9.17, 15) is 0 Å². The van der Waals surface area contributed by atoms with E-state index in [-0.39, 0.29) is 6.04 Å². The summed E-state index contributed by atoms with van der Waals surface area (Å²) in [5.41, 5.74) is 9.61. The van der Waals surface area contributed by atoms with Crippen molar-refractivity contribution in [2.24, 2.45) is 12.8 Å². The summed E-state index contributed by atoms with van der Waals surface area (Å²) in [6.45, 7) is 6.34. The van der Waals surface area contributed by atoms with Crippen LogP contribution in [-0.4, -0.2) is 19.4 Å². The molecule has 2 N–H and O–H groups in total. The van der Waals surface area contributed by atoms with Crippen molar-refractivity contribution in [3.05, 3.63) is 28.0 Å². The molecule has 0 radical (unpaired) electrons. The standard InChI is InChI=1S/C13H21N5S/c1-5-9-6-10(18(4)16-9)7-11(14)13-12(8(2)3)15-17-19-13/h6,8,11H,5,7,14H2,1-4H3. The summed E-state index contributed by atoms with van der Waals surface area (Å²) in [6.07, 6.45) is 1.72. The Labute approximate surface area is 118 Å². The Morgan fingerprint density at radius 2 is 2.16 bits per heavy atom. The lowest BCUT2D eigenvalue weighted by molar-refractivity contribution is 0.634. The molecule has 0 saturated heterocycles. The number of hydrogen-bond donors (Lipinski definition) is 1. The van der Waals surface area contributed by atoms with Crippen LogP contribution >= 0.6 is 11.5 Å². The van der Waals surface area contributed by atoms with Crippen LogP contribution in [-0.2, 0) is 19.9 Å². The second kappa shape index (κ2) is 5.79. The molecule has 2 aromatic heterocycles. The first-order valence-electron chi connectivity index (χ1n) is 6.62. The monoisotopic (exact) mass is 279 g/mol. The van der Waals surface area contributed by atoms with Gasteiger partial charge in [-0.1, -0.05) is 25.3 Å². The van der Waals surface area contributed by atoms with Gasteiger partial charge in [0.1, 0.15) is 0 Å². The van der Waals surface area contributed by atoms with Gasteiger partial charge in [-0.25, -0.2) is 0 Å². The Morgan fingerprint density at radius 1 is 1.42 bits per heavy atom. The van der Waals surface area contributed by atoms with Gasteiger partial charge in [0, 0.05) is 25.2 Å². The van der Waals surface area contributed by atoms with Gasteiger partial charge in [0.2, 0.25) is 0 Å². The molecule has 0 aliphatic rings. The molecular weight excluding hydrogens is 258 g/mol. The Bertz CT molecular complexity index is 543. The second-order valence-electron chi connectivity index (χ2n) is 5.09. The molecule has 0 fully saturated rings. The maximum Gasteiger partial charge on any atom is 0.0829 e. The lowest BCUT2D eigenvalue weighted by Crippen LogP contribution is -2.16. The summed E-state index contributed by atoms with van der Waals surface area (Å²) in [5.74, 6) is 0.359. The van der Waals surface area contributed by atoms with E-state index in [2.05, 4.69) is 41.5 Å². The van der Waals surface area contributed by atoms with E-state index < -0.39 is 0 Å². The van der Waals surface area contributed by atoms with Gasteiger partial charge in [0.05, 0.1) is 16.3 Å². The fourth-order valence-corrected chi connectivity index (χ4v) is 2.92. The highest BCUT2D eigenvalue weighted by Gasteiger charge is 2.19. The Hall–Kier alpha value is -1.27. The molecule has 2 rings (SSSR count). The van der Waals surface area contributed by atoms with Crippen LogP contribution in [0, 0.1) is 0 Å². The first-order chi connectivity index (χ1) is 9.02. The van der Waals surface area contributed by atoms with Gasteiger partial charge in [-0.15, -0.1) is 5.10 Å². The van der Waals surface area contributed by atoms with Gasteiger partial charge in [-0.3, -0.25) is 4.68 Å². The summed E-state index contributed by atoms with van der Waals surface area (Å²) in [7, 11) is 1.97. The molecule has 1 atom stereocenters.